The van der Waals surface area contributed by atoms with Gasteiger partial charge >= 0.3 is 0 Å². The van der Waals surface area contributed by atoms with Crippen LogP contribution in [0.3, 0.4) is 0 Å². The van der Waals surface area contributed by atoms with Crippen molar-refractivity contribution in [1.29, 1.82) is 0 Å². The zero-order valence-electron chi connectivity index (χ0n) is 12.1. The Hall–Kier alpha value is -2.04. The van der Waals surface area contributed by atoms with Crippen molar-refractivity contribution in [1.82, 2.24) is 5.32 Å². The molecule has 2 amide bonds. The van der Waals surface area contributed by atoms with Gasteiger partial charge in [0.15, 0.2) is 11.5 Å². The molecule has 1 fully saturated rings. The third kappa shape index (κ3) is 2.73. The van der Waals surface area contributed by atoms with Gasteiger partial charge in [0, 0.05) is 18.3 Å². The quantitative estimate of drug-likeness (QED) is 0.864. The second-order valence-corrected chi connectivity index (χ2v) is 5.52. The molecule has 0 aliphatic carbocycles. The lowest BCUT2D eigenvalue weighted by Crippen LogP contribution is -2.44. The monoisotopic (exact) mass is 289 g/mol. The molecule has 2 atom stereocenters. The normalized spacial score (nSPS) is 24.6. The Kier molecular flexibility index (Phi) is 3.82. The number of hydrogen-bond donors (Lipinski definition) is 1. The van der Waals surface area contributed by atoms with Crippen LogP contribution >= 0.6 is 0 Å². The average molecular weight is 289 g/mol. The van der Waals surface area contributed by atoms with Crippen LogP contribution in [-0.4, -0.2) is 25.0 Å². The van der Waals surface area contributed by atoms with Gasteiger partial charge in [0.25, 0.3) is 0 Å². The van der Waals surface area contributed by atoms with Gasteiger partial charge in [-0.1, -0.05) is 19.4 Å². The summed E-state index contributed by atoms with van der Waals surface area (Å²) in [5.74, 6) is 0.827. The minimum atomic E-state index is -0.202. The van der Waals surface area contributed by atoms with E-state index in [0.717, 1.165) is 24.2 Å². The van der Waals surface area contributed by atoms with Crippen molar-refractivity contribution < 1.29 is 19.1 Å². The number of piperidine rings is 1. The number of hydrogen-bond acceptors (Lipinski definition) is 4. The van der Waals surface area contributed by atoms with Gasteiger partial charge in [-0.25, -0.2) is 0 Å². The Morgan fingerprint density at radius 2 is 1.95 bits per heavy atom. The minimum absolute atomic E-state index is 0.0815. The maximum Gasteiger partial charge on any atom is 0.230 e. The first-order chi connectivity index (χ1) is 10.2. The molecule has 2 aliphatic heterocycles. The van der Waals surface area contributed by atoms with Crippen molar-refractivity contribution in [3.63, 3.8) is 0 Å². The summed E-state index contributed by atoms with van der Waals surface area (Å²) in [6, 6.07) is 5.71. The van der Waals surface area contributed by atoms with Gasteiger partial charge in [0.1, 0.15) is 13.2 Å². The number of nitrogens with one attached hydrogen (secondary N) is 1. The van der Waals surface area contributed by atoms with E-state index >= 15 is 0 Å². The fourth-order valence-electron chi connectivity index (χ4n) is 3.09. The van der Waals surface area contributed by atoms with Crippen molar-refractivity contribution >= 4 is 11.8 Å². The number of benzene rings is 1. The van der Waals surface area contributed by atoms with Gasteiger partial charge < -0.3 is 9.47 Å². The molecule has 1 saturated heterocycles. The van der Waals surface area contributed by atoms with E-state index in [1.54, 1.807) is 0 Å². The summed E-state index contributed by atoms with van der Waals surface area (Å²) in [5.41, 5.74) is 0.973. The molecular formula is C16H19NO4. The number of carbonyl (C=O) groups excluding carboxylic acids is 2. The fourth-order valence-corrected chi connectivity index (χ4v) is 3.09. The van der Waals surface area contributed by atoms with Gasteiger partial charge in [0.05, 0.1) is 0 Å². The van der Waals surface area contributed by atoms with Gasteiger partial charge in [0.2, 0.25) is 11.8 Å². The summed E-state index contributed by atoms with van der Waals surface area (Å²) < 4.78 is 11.1. The molecule has 5 nitrogen and oxygen atoms in total. The number of carbonyl (C=O) groups is 2. The van der Waals surface area contributed by atoms with Crippen molar-refractivity contribution in [3.8, 4) is 11.5 Å². The van der Waals surface area contributed by atoms with Crippen molar-refractivity contribution in [2.24, 2.45) is 5.92 Å². The predicted molar refractivity (Wildman–Crippen MR) is 76.3 cm³/mol. The topological polar surface area (TPSA) is 64.6 Å². The molecule has 0 aromatic heterocycles. The molecule has 2 aliphatic rings. The number of fused-ring (bicyclic) bond motifs is 1. The zero-order chi connectivity index (χ0) is 14.8. The van der Waals surface area contributed by atoms with Crippen LogP contribution in [0.1, 0.15) is 37.7 Å². The lowest BCUT2D eigenvalue weighted by atomic mass is 9.78. The van der Waals surface area contributed by atoms with Crippen molar-refractivity contribution in [3.05, 3.63) is 23.8 Å². The van der Waals surface area contributed by atoms with E-state index in [9.17, 15) is 9.59 Å². The van der Waals surface area contributed by atoms with E-state index in [0.29, 0.717) is 25.4 Å². The maximum absolute atomic E-state index is 12.1. The summed E-state index contributed by atoms with van der Waals surface area (Å²) in [6.07, 6.45) is 2.03. The molecule has 0 spiro atoms. The first-order valence-corrected chi connectivity index (χ1v) is 7.42. The standard InChI is InChI=1S/C16H19NO4/c1-2-3-11-12(9-15(18)17-16(11)19)10-4-5-13-14(8-10)21-7-6-20-13/h4-5,8,11-12H,2-3,6-7,9H2,1H3,(H,17,18,19). The van der Waals surface area contributed by atoms with Crippen LogP contribution < -0.4 is 14.8 Å². The van der Waals surface area contributed by atoms with Crippen LogP contribution in [0.5, 0.6) is 11.5 Å². The first-order valence-electron chi connectivity index (χ1n) is 7.42. The van der Waals surface area contributed by atoms with Crippen LogP contribution in [0.15, 0.2) is 18.2 Å². The molecule has 1 aromatic carbocycles. The van der Waals surface area contributed by atoms with E-state index in [1.165, 1.54) is 0 Å². The smallest absolute Gasteiger partial charge is 0.230 e. The SMILES string of the molecule is CCCC1C(=O)NC(=O)CC1c1ccc2c(c1)OCCO2. The predicted octanol–water partition coefficient (Wildman–Crippen LogP) is 2.00. The van der Waals surface area contributed by atoms with Crippen molar-refractivity contribution in [2.45, 2.75) is 32.1 Å². The van der Waals surface area contributed by atoms with E-state index in [1.807, 2.05) is 25.1 Å². The lowest BCUT2D eigenvalue weighted by molar-refractivity contribution is -0.137. The van der Waals surface area contributed by atoms with E-state index in [-0.39, 0.29) is 23.7 Å². The van der Waals surface area contributed by atoms with Crippen LogP contribution in [-0.2, 0) is 9.59 Å². The Bertz CT molecular complexity index is 569. The maximum atomic E-state index is 12.1. The van der Waals surface area contributed by atoms with Gasteiger partial charge in [-0.05, 0) is 24.1 Å². The number of rotatable bonds is 3. The largest absolute Gasteiger partial charge is 0.486 e. The number of imide groups is 1. The summed E-state index contributed by atoms with van der Waals surface area (Å²) in [5, 5.41) is 2.44. The van der Waals surface area contributed by atoms with Crippen LogP contribution in [0.25, 0.3) is 0 Å². The highest BCUT2D eigenvalue weighted by molar-refractivity contribution is 5.99. The first kappa shape index (κ1) is 13.9. The molecule has 21 heavy (non-hydrogen) atoms. The lowest BCUT2D eigenvalue weighted by Gasteiger charge is -2.31. The van der Waals surface area contributed by atoms with Crippen LogP contribution in [0.4, 0.5) is 0 Å². The molecular weight excluding hydrogens is 270 g/mol. The van der Waals surface area contributed by atoms with Crippen LogP contribution in [0.2, 0.25) is 0 Å². The molecule has 5 heteroatoms. The van der Waals surface area contributed by atoms with Gasteiger partial charge in [-0.15, -0.1) is 0 Å². The Morgan fingerprint density at radius 1 is 1.19 bits per heavy atom. The Labute approximate surface area is 123 Å². The molecule has 3 rings (SSSR count). The molecule has 0 radical (unpaired) electrons. The second-order valence-electron chi connectivity index (χ2n) is 5.52. The van der Waals surface area contributed by atoms with Gasteiger partial charge in [-0.2, -0.15) is 0 Å². The Balaban J connectivity index is 1.92. The highest BCUT2D eigenvalue weighted by atomic mass is 16.6. The summed E-state index contributed by atoms with van der Waals surface area (Å²) in [4.78, 5) is 23.8. The number of amides is 2. The summed E-state index contributed by atoms with van der Waals surface area (Å²) in [6.45, 7) is 3.12. The average Bonchev–Trinajstić information content (AvgIpc) is 2.49. The minimum Gasteiger partial charge on any atom is -0.486 e. The third-order valence-electron chi connectivity index (χ3n) is 4.08. The molecule has 0 saturated carbocycles. The molecule has 1 aromatic rings. The van der Waals surface area contributed by atoms with E-state index in [4.69, 9.17) is 9.47 Å². The summed E-state index contributed by atoms with van der Waals surface area (Å²) >= 11 is 0. The zero-order valence-corrected chi connectivity index (χ0v) is 12.1. The van der Waals surface area contributed by atoms with E-state index < -0.39 is 0 Å². The molecule has 1 N–H and O–H groups in total. The fraction of sp³-hybridized carbons (Fsp3) is 0.500. The number of ether oxygens (including phenoxy) is 2. The highest BCUT2D eigenvalue weighted by Gasteiger charge is 2.36. The second kappa shape index (κ2) is 5.76. The van der Waals surface area contributed by atoms with Crippen LogP contribution in [0, 0.1) is 5.92 Å². The van der Waals surface area contributed by atoms with E-state index in [2.05, 4.69) is 5.32 Å². The molecule has 0 bridgehead atoms. The highest BCUT2D eigenvalue weighted by Crippen LogP contribution is 2.39. The third-order valence-corrected chi connectivity index (χ3v) is 4.08. The molecule has 2 heterocycles. The molecule has 2 unspecified atom stereocenters. The van der Waals surface area contributed by atoms with Crippen molar-refractivity contribution in [2.75, 3.05) is 13.2 Å². The summed E-state index contributed by atoms with van der Waals surface area (Å²) in [7, 11) is 0. The Morgan fingerprint density at radius 3 is 2.71 bits per heavy atom. The molecule has 112 valence electrons. The van der Waals surface area contributed by atoms with Gasteiger partial charge in [-0.3, -0.25) is 14.9 Å².